The Labute approximate surface area is 149 Å². The SMILES string of the molecule is Cc1noc2nc(C(C)C)cc(C(=O)N3CCN(CC(C)C)CC3)c12. The van der Waals surface area contributed by atoms with Crippen molar-refractivity contribution in [2.75, 3.05) is 32.7 Å². The van der Waals surface area contributed by atoms with Crippen LogP contribution in [0.1, 0.15) is 55.4 Å². The predicted octanol–water partition coefficient (Wildman–Crippen LogP) is 3.07. The Balaban J connectivity index is 1.86. The molecule has 1 aliphatic heterocycles. The van der Waals surface area contributed by atoms with E-state index in [2.05, 4.69) is 42.7 Å². The van der Waals surface area contributed by atoms with Crippen LogP contribution < -0.4 is 0 Å². The van der Waals surface area contributed by atoms with Crippen molar-refractivity contribution in [3.8, 4) is 0 Å². The van der Waals surface area contributed by atoms with Crippen LogP contribution in [0.5, 0.6) is 0 Å². The van der Waals surface area contributed by atoms with Gasteiger partial charge in [-0.15, -0.1) is 0 Å². The van der Waals surface area contributed by atoms with Gasteiger partial charge in [0.1, 0.15) is 0 Å². The molecule has 6 nitrogen and oxygen atoms in total. The molecule has 0 spiro atoms. The van der Waals surface area contributed by atoms with E-state index in [9.17, 15) is 4.79 Å². The van der Waals surface area contributed by atoms with Crippen molar-refractivity contribution in [1.82, 2.24) is 19.9 Å². The fraction of sp³-hybridized carbons (Fsp3) is 0.632. The number of carbonyl (C=O) groups excluding carboxylic acids is 1. The van der Waals surface area contributed by atoms with E-state index in [-0.39, 0.29) is 11.8 Å². The van der Waals surface area contributed by atoms with Crippen LogP contribution in [0.3, 0.4) is 0 Å². The van der Waals surface area contributed by atoms with Crippen LogP contribution in [-0.4, -0.2) is 58.6 Å². The molecule has 0 aromatic carbocycles. The maximum Gasteiger partial charge on any atom is 0.259 e. The monoisotopic (exact) mass is 344 g/mol. The molecule has 1 saturated heterocycles. The van der Waals surface area contributed by atoms with Gasteiger partial charge in [0.05, 0.1) is 16.6 Å². The molecule has 1 aliphatic rings. The third-order valence-electron chi connectivity index (χ3n) is 4.74. The first-order chi connectivity index (χ1) is 11.9. The van der Waals surface area contributed by atoms with Crippen molar-refractivity contribution in [3.63, 3.8) is 0 Å². The van der Waals surface area contributed by atoms with Crippen LogP contribution in [0.2, 0.25) is 0 Å². The molecule has 0 unspecified atom stereocenters. The molecule has 0 aliphatic carbocycles. The van der Waals surface area contributed by atoms with Crippen LogP contribution in [0, 0.1) is 12.8 Å². The highest BCUT2D eigenvalue weighted by atomic mass is 16.5. The van der Waals surface area contributed by atoms with Gasteiger partial charge in [-0.25, -0.2) is 4.98 Å². The van der Waals surface area contributed by atoms with Crippen LogP contribution in [-0.2, 0) is 0 Å². The summed E-state index contributed by atoms with van der Waals surface area (Å²) in [4.78, 5) is 22.1. The highest BCUT2D eigenvalue weighted by Crippen LogP contribution is 2.26. The molecule has 0 N–H and O–H groups in total. The molecule has 25 heavy (non-hydrogen) atoms. The van der Waals surface area contributed by atoms with E-state index in [1.807, 2.05) is 17.9 Å². The molecule has 2 aromatic rings. The smallest absolute Gasteiger partial charge is 0.259 e. The van der Waals surface area contributed by atoms with Crippen molar-refractivity contribution in [2.24, 2.45) is 5.92 Å². The van der Waals surface area contributed by atoms with Gasteiger partial charge in [0.25, 0.3) is 11.6 Å². The van der Waals surface area contributed by atoms with E-state index in [1.165, 1.54) is 0 Å². The number of amides is 1. The number of aromatic nitrogens is 2. The second-order valence-corrected chi connectivity index (χ2v) is 7.68. The third-order valence-corrected chi connectivity index (χ3v) is 4.74. The minimum atomic E-state index is 0.0600. The molecule has 0 radical (unpaired) electrons. The number of aryl methyl sites for hydroxylation is 1. The number of carbonyl (C=O) groups is 1. The number of rotatable bonds is 4. The lowest BCUT2D eigenvalue weighted by atomic mass is 10.0. The third kappa shape index (κ3) is 3.68. The van der Waals surface area contributed by atoms with E-state index in [0.29, 0.717) is 17.2 Å². The molecule has 2 aromatic heterocycles. The van der Waals surface area contributed by atoms with E-state index in [4.69, 9.17) is 4.52 Å². The fourth-order valence-corrected chi connectivity index (χ4v) is 3.40. The Morgan fingerprint density at radius 1 is 1.20 bits per heavy atom. The normalized spacial score (nSPS) is 16.4. The molecule has 6 heteroatoms. The second-order valence-electron chi connectivity index (χ2n) is 7.68. The minimum absolute atomic E-state index is 0.0600. The lowest BCUT2D eigenvalue weighted by molar-refractivity contribution is 0.0625. The fourth-order valence-electron chi connectivity index (χ4n) is 3.40. The van der Waals surface area contributed by atoms with Crippen LogP contribution in [0.4, 0.5) is 0 Å². The molecule has 3 heterocycles. The molecule has 1 amide bonds. The molecular formula is C19H28N4O2. The summed E-state index contributed by atoms with van der Waals surface area (Å²) in [7, 11) is 0. The number of pyridine rings is 1. The number of piperazine rings is 1. The Kier molecular flexibility index (Phi) is 5.08. The number of nitrogens with zero attached hydrogens (tertiary/aromatic N) is 4. The summed E-state index contributed by atoms with van der Waals surface area (Å²) >= 11 is 0. The van der Waals surface area contributed by atoms with Crippen molar-refractivity contribution in [1.29, 1.82) is 0 Å². The molecule has 0 bridgehead atoms. The lowest BCUT2D eigenvalue weighted by Crippen LogP contribution is -2.49. The molecule has 0 saturated carbocycles. The van der Waals surface area contributed by atoms with Gasteiger partial charge in [0.15, 0.2) is 0 Å². The first kappa shape index (κ1) is 17.9. The van der Waals surface area contributed by atoms with Crippen molar-refractivity contribution >= 4 is 17.0 Å². The molecular weight excluding hydrogens is 316 g/mol. The summed E-state index contributed by atoms with van der Waals surface area (Å²) < 4.78 is 5.34. The number of hydrogen-bond donors (Lipinski definition) is 0. The Morgan fingerprint density at radius 2 is 1.88 bits per heavy atom. The van der Waals surface area contributed by atoms with E-state index in [1.54, 1.807) is 0 Å². The first-order valence-electron chi connectivity index (χ1n) is 9.15. The molecule has 3 rings (SSSR count). The van der Waals surface area contributed by atoms with Crippen LogP contribution >= 0.6 is 0 Å². The van der Waals surface area contributed by atoms with Gasteiger partial charge in [-0.1, -0.05) is 32.9 Å². The second kappa shape index (κ2) is 7.12. The first-order valence-corrected chi connectivity index (χ1v) is 9.15. The largest absolute Gasteiger partial charge is 0.336 e. The standard InChI is InChI=1S/C19H28N4O2/c1-12(2)11-22-6-8-23(9-7-22)19(24)15-10-16(13(3)4)20-18-17(15)14(5)21-25-18/h10,12-13H,6-9,11H2,1-5H3. The zero-order chi connectivity index (χ0) is 18.1. The maximum atomic E-state index is 13.2. The zero-order valence-electron chi connectivity index (χ0n) is 15.9. The van der Waals surface area contributed by atoms with E-state index >= 15 is 0 Å². The summed E-state index contributed by atoms with van der Waals surface area (Å²) in [6, 6.07) is 1.92. The summed E-state index contributed by atoms with van der Waals surface area (Å²) in [5.41, 5.74) is 2.72. The lowest BCUT2D eigenvalue weighted by Gasteiger charge is -2.35. The van der Waals surface area contributed by atoms with Gasteiger partial charge in [0, 0.05) is 38.4 Å². The highest BCUT2D eigenvalue weighted by Gasteiger charge is 2.26. The Morgan fingerprint density at radius 3 is 2.48 bits per heavy atom. The quantitative estimate of drug-likeness (QED) is 0.853. The van der Waals surface area contributed by atoms with Crippen molar-refractivity contribution < 1.29 is 9.32 Å². The van der Waals surface area contributed by atoms with E-state index in [0.717, 1.165) is 49.5 Å². The summed E-state index contributed by atoms with van der Waals surface area (Å²) in [5.74, 6) is 0.935. The molecule has 1 fully saturated rings. The minimum Gasteiger partial charge on any atom is -0.336 e. The Bertz CT molecular complexity index is 758. The van der Waals surface area contributed by atoms with Crippen LogP contribution in [0.15, 0.2) is 10.6 Å². The highest BCUT2D eigenvalue weighted by molar-refractivity contribution is 6.06. The van der Waals surface area contributed by atoms with Crippen molar-refractivity contribution in [2.45, 2.75) is 40.5 Å². The average Bonchev–Trinajstić information content (AvgIpc) is 2.95. The number of hydrogen-bond acceptors (Lipinski definition) is 5. The van der Waals surface area contributed by atoms with Gasteiger partial charge < -0.3 is 9.42 Å². The van der Waals surface area contributed by atoms with Gasteiger partial charge >= 0.3 is 0 Å². The zero-order valence-corrected chi connectivity index (χ0v) is 15.9. The van der Waals surface area contributed by atoms with Gasteiger partial charge in [0.2, 0.25) is 0 Å². The van der Waals surface area contributed by atoms with Gasteiger partial charge in [-0.05, 0) is 24.8 Å². The van der Waals surface area contributed by atoms with Crippen LogP contribution in [0.25, 0.3) is 11.1 Å². The maximum absolute atomic E-state index is 13.2. The topological polar surface area (TPSA) is 62.5 Å². The van der Waals surface area contributed by atoms with Gasteiger partial charge in [-0.2, -0.15) is 0 Å². The number of fused-ring (bicyclic) bond motifs is 1. The summed E-state index contributed by atoms with van der Waals surface area (Å²) in [6.45, 7) is 14.9. The molecule has 0 atom stereocenters. The Hall–Kier alpha value is -1.95. The van der Waals surface area contributed by atoms with Gasteiger partial charge in [-0.3, -0.25) is 9.69 Å². The molecule has 136 valence electrons. The predicted molar refractivity (Wildman–Crippen MR) is 97.8 cm³/mol. The average molecular weight is 344 g/mol. The van der Waals surface area contributed by atoms with E-state index < -0.39 is 0 Å². The summed E-state index contributed by atoms with van der Waals surface area (Å²) in [5, 5.41) is 4.76. The summed E-state index contributed by atoms with van der Waals surface area (Å²) in [6.07, 6.45) is 0. The van der Waals surface area contributed by atoms with Crippen molar-refractivity contribution in [3.05, 3.63) is 23.0 Å².